The molecule has 0 bridgehead atoms. The van der Waals surface area contributed by atoms with Crippen molar-refractivity contribution in [3.05, 3.63) is 69.9 Å². The average Bonchev–Trinajstić information content (AvgIpc) is 3.24. The molecule has 1 atom stereocenters. The largest absolute Gasteiger partial charge is 0.495 e. The minimum atomic E-state index is -0.342. The molecule has 8 heteroatoms. The van der Waals surface area contributed by atoms with Crippen LogP contribution in [0.1, 0.15) is 16.6 Å². The van der Waals surface area contributed by atoms with Gasteiger partial charge in [-0.1, -0.05) is 17.7 Å². The summed E-state index contributed by atoms with van der Waals surface area (Å²) < 4.78 is 5.26. The molecule has 2 aromatic carbocycles. The Morgan fingerprint density at radius 2 is 1.86 bits per heavy atom. The second kappa shape index (κ2) is 9.82. The first-order valence-corrected chi connectivity index (χ1v) is 10.9. The van der Waals surface area contributed by atoms with Crippen LogP contribution in [0.2, 0.25) is 5.02 Å². The zero-order chi connectivity index (χ0) is 20.8. The third-order valence-electron chi connectivity index (χ3n) is 3.96. The molecule has 0 aliphatic carbocycles. The number of hydrogen-bond donors (Lipinski definition) is 2. The fraction of sp³-hybridized carbons (Fsp3) is 0.143. The lowest BCUT2D eigenvalue weighted by Crippen LogP contribution is -2.22. The molecule has 3 aromatic rings. The molecule has 2 amide bonds. The van der Waals surface area contributed by atoms with Gasteiger partial charge in [0.05, 0.1) is 22.9 Å². The van der Waals surface area contributed by atoms with Crippen molar-refractivity contribution >= 4 is 57.9 Å². The molecule has 5 nitrogen and oxygen atoms in total. The van der Waals surface area contributed by atoms with Crippen LogP contribution < -0.4 is 15.4 Å². The summed E-state index contributed by atoms with van der Waals surface area (Å²) in [5, 5.41) is 7.74. The van der Waals surface area contributed by atoms with Gasteiger partial charge in [-0.05, 0) is 60.8 Å². The van der Waals surface area contributed by atoms with Crippen molar-refractivity contribution in [2.75, 3.05) is 17.7 Å². The molecule has 29 heavy (non-hydrogen) atoms. The summed E-state index contributed by atoms with van der Waals surface area (Å²) in [5.74, 6) is 0.250. The van der Waals surface area contributed by atoms with Crippen LogP contribution in [0, 0.1) is 0 Å². The molecule has 1 heterocycles. The van der Waals surface area contributed by atoms with Crippen LogP contribution in [0.5, 0.6) is 5.75 Å². The van der Waals surface area contributed by atoms with Crippen molar-refractivity contribution in [3.8, 4) is 5.75 Å². The van der Waals surface area contributed by atoms with Crippen molar-refractivity contribution < 1.29 is 14.3 Å². The van der Waals surface area contributed by atoms with Gasteiger partial charge in [-0.2, -0.15) is 0 Å². The lowest BCUT2D eigenvalue weighted by molar-refractivity contribution is -0.115. The number of nitrogens with one attached hydrogen (secondary N) is 2. The van der Waals surface area contributed by atoms with E-state index < -0.39 is 0 Å². The molecule has 1 unspecified atom stereocenters. The number of carbonyl (C=O) groups excluding carboxylic acids is 2. The molecule has 3 rings (SSSR count). The number of thioether (sulfide) groups is 1. The van der Waals surface area contributed by atoms with E-state index in [1.165, 1.54) is 30.2 Å². The highest BCUT2D eigenvalue weighted by Gasteiger charge is 2.17. The first kappa shape index (κ1) is 21.2. The van der Waals surface area contributed by atoms with Gasteiger partial charge < -0.3 is 15.4 Å². The molecule has 0 spiro atoms. The van der Waals surface area contributed by atoms with Crippen molar-refractivity contribution in [1.29, 1.82) is 0 Å². The van der Waals surface area contributed by atoms with E-state index in [0.717, 1.165) is 4.90 Å². The van der Waals surface area contributed by atoms with Crippen LogP contribution >= 0.6 is 34.7 Å². The number of carbonyl (C=O) groups is 2. The Morgan fingerprint density at radius 3 is 2.52 bits per heavy atom. The normalized spacial score (nSPS) is 11.6. The quantitative estimate of drug-likeness (QED) is 0.451. The fourth-order valence-electron chi connectivity index (χ4n) is 2.49. The highest BCUT2D eigenvalue weighted by atomic mass is 35.5. The number of thiophene rings is 1. The van der Waals surface area contributed by atoms with E-state index in [1.54, 1.807) is 24.3 Å². The number of ether oxygens (including phenoxy) is 1. The number of anilines is 2. The highest BCUT2D eigenvalue weighted by molar-refractivity contribution is 8.00. The van der Waals surface area contributed by atoms with Crippen LogP contribution in [-0.2, 0) is 4.79 Å². The number of benzene rings is 2. The molecule has 0 fully saturated rings. The second-order valence-electron chi connectivity index (χ2n) is 6.05. The molecule has 0 radical (unpaired) electrons. The van der Waals surface area contributed by atoms with Crippen molar-refractivity contribution in [2.45, 2.75) is 17.1 Å². The molecule has 150 valence electrons. The van der Waals surface area contributed by atoms with Gasteiger partial charge in [0.1, 0.15) is 5.75 Å². The second-order valence-corrected chi connectivity index (χ2v) is 8.85. The lowest BCUT2D eigenvalue weighted by atomic mass is 10.3. The van der Waals surface area contributed by atoms with E-state index >= 15 is 0 Å². The van der Waals surface area contributed by atoms with Gasteiger partial charge in [0.2, 0.25) is 5.91 Å². The van der Waals surface area contributed by atoms with E-state index in [9.17, 15) is 9.59 Å². The third kappa shape index (κ3) is 5.76. The molecule has 0 saturated carbocycles. The van der Waals surface area contributed by atoms with E-state index in [-0.39, 0.29) is 17.1 Å². The summed E-state index contributed by atoms with van der Waals surface area (Å²) >= 11 is 8.82. The summed E-state index contributed by atoms with van der Waals surface area (Å²) in [5.41, 5.74) is 1.23. The van der Waals surface area contributed by atoms with E-state index in [4.69, 9.17) is 16.3 Å². The number of amides is 2. The first-order valence-electron chi connectivity index (χ1n) is 8.72. The summed E-state index contributed by atoms with van der Waals surface area (Å²) in [6.45, 7) is 1.82. The molecule has 1 aromatic heterocycles. The van der Waals surface area contributed by atoms with E-state index in [2.05, 4.69) is 10.6 Å². The standard InChI is InChI=1S/C21H19ClN2O3S2/c1-13(20(25)24-17-12-14(22)5-10-18(17)27-2)29-16-8-6-15(7-9-16)23-21(26)19-4-3-11-28-19/h3-13H,1-2H3,(H,23,26)(H,24,25). The van der Waals surface area contributed by atoms with Crippen LogP contribution in [0.4, 0.5) is 11.4 Å². The maximum atomic E-state index is 12.6. The van der Waals surface area contributed by atoms with Gasteiger partial charge in [-0.25, -0.2) is 0 Å². The summed E-state index contributed by atoms with van der Waals surface area (Å²) in [7, 11) is 1.54. The number of hydrogen-bond acceptors (Lipinski definition) is 5. The Morgan fingerprint density at radius 1 is 1.10 bits per heavy atom. The van der Waals surface area contributed by atoms with Gasteiger partial charge in [0.15, 0.2) is 0 Å². The Kier molecular flexibility index (Phi) is 7.19. The Labute approximate surface area is 182 Å². The Balaban J connectivity index is 1.59. The topological polar surface area (TPSA) is 67.4 Å². The summed E-state index contributed by atoms with van der Waals surface area (Å²) in [6.07, 6.45) is 0. The van der Waals surface area contributed by atoms with Crippen LogP contribution in [0.15, 0.2) is 64.9 Å². The monoisotopic (exact) mass is 446 g/mol. The fourth-order valence-corrected chi connectivity index (χ4v) is 4.15. The average molecular weight is 447 g/mol. The van der Waals surface area contributed by atoms with Crippen LogP contribution in [0.3, 0.4) is 0 Å². The molecular formula is C21H19ClN2O3S2. The predicted molar refractivity (Wildman–Crippen MR) is 121 cm³/mol. The third-order valence-corrected chi connectivity index (χ3v) is 6.17. The Hall–Kier alpha value is -2.48. The van der Waals surface area contributed by atoms with Crippen molar-refractivity contribution in [1.82, 2.24) is 0 Å². The number of halogens is 1. The van der Waals surface area contributed by atoms with E-state index in [1.807, 2.05) is 42.6 Å². The van der Waals surface area contributed by atoms with Gasteiger partial charge >= 0.3 is 0 Å². The molecule has 2 N–H and O–H groups in total. The van der Waals surface area contributed by atoms with Gasteiger partial charge in [-0.15, -0.1) is 23.1 Å². The minimum absolute atomic E-state index is 0.136. The van der Waals surface area contributed by atoms with Crippen molar-refractivity contribution in [3.63, 3.8) is 0 Å². The smallest absolute Gasteiger partial charge is 0.265 e. The predicted octanol–water partition coefficient (Wildman–Crippen LogP) is 5.78. The summed E-state index contributed by atoms with van der Waals surface area (Å²) in [4.78, 5) is 26.2. The van der Waals surface area contributed by atoms with Crippen LogP contribution in [0.25, 0.3) is 0 Å². The van der Waals surface area contributed by atoms with Crippen LogP contribution in [-0.4, -0.2) is 24.2 Å². The number of rotatable bonds is 7. The maximum Gasteiger partial charge on any atom is 0.265 e. The summed E-state index contributed by atoms with van der Waals surface area (Å²) in [6, 6.07) is 16.1. The maximum absolute atomic E-state index is 12.6. The Bertz CT molecular complexity index is 992. The molecule has 0 aliphatic rings. The number of methoxy groups -OCH3 is 1. The highest BCUT2D eigenvalue weighted by Crippen LogP contribution is 2.30. The van der Waals surface area contributed by atoms with E-state index in [0.29, 0.717) is 27.0 Å². The molecule has 0 aliphatic heterocycles. The van der Waals surface area contributed by atoms with Crippen molar-refractivity contribution in [2.24, 2.45) is 0 Å². The SMILES string of the molecule is COc1ccc(Cl)cc1NC(=O)C(C)Sc1ccc(NC(=O)c2cccs2)cc1. The van der Waals surface area contributed by atoms with Gasteiger partial charge in [0, 0.05) is 15.6 Å². The zero-order valence-corrected chi connectivity index (χ0v) is 18.2. The molecule has 0 saturated heterocycles. The lowest BCUT2D eigenvalue weighted by Gasteiger charge is -2.15. The van der Waals surface area contributed by atoms with Gasteiger partial charge in [-0.3, -0.25) is 9.59 Å². The minimum Gasteiger partial charge on any atom is -0.495 e. The first-order chi connectivity index (χ1) is 14.0. The zero-order valence-electron chi connectivity index (χ0n) is 15.8. The van der Waals surface area contributed by atoms with Gasteiger partial charge in [0.25, 0.3) is 5.91 Å². The molecular weight excluding hydrogens is 428 g/mol.